The minimum absolute atomic E-state index is 0.633. The van der Waals surface area contributed by atoms with Gasteiger partial charge in [0, 0.05) is 10.9 Å². The van der Waals surface area contributed by atoms with E-state index in [4.69, 9.17) is 4.42 Å². The molecule has 0 radical (unpaired) electrons. The molecule has 0 aliphatic heterocycles. The summed E-state index contributed by atoms with van der Waals surface area (Å²) < 4.78 is 5.55. The number of furan rings is 1. The lowest BCUT2D eigenvalue weighted by Crippen LogP contribution is -2.18. The maximum Gasteiger partial charge on any atom is 0.135 e. The lowest BCUT2D eigenvalue weighted by Gasteiger charge is -2.17. The molecule has 1 aromatic heterocycles. The molecule has 3 heteroatoms. The average molecular weight is 202 g/mol. The molecule has 1 aliphatic rings. The summed E-state index contributed by atoms with van der Waals surface area (Å²) in [5, 5.41) is 20.2. The molecule has 0 amide bonds. The summed E-state index contributed by atoms with van der Waals surface area (Å²) in [6, 6.07) is 7.49. The predicted octanol–water partition coefficient (Wildman–Crippen LogP) is 1.85. The highest BCUT2D eigenvalue weighted by Gasteiger charge is 2.27. The second-order valence-electron chi connectivity index (χ2n) is 3.67. The normalized spacial score (nSPS) is 24.4. The van der Waals surface area contributed by atoms with Gasteiger partial charge in [-0.15, -0.1) is 0 Å². The monoisotopic (exact) mass is 202 g/mol. The topological polar surface area (TPSA) is 53.6 Å². The van der Waals surface area contributed by atoms with E-state index in [1.165, 1.54) is 6.08 Å². The Hall–Kier alpha value is -1.58. The molecule has 15 heavy (non-hydrogen) atoms. The van der Waals surface area contributed by atoms with E-state index in [9.17, 15) is 10.2 Å². The molecule has 2 N–H and O–H groups in total. The van der Waals surface area contributed by atoms with Crippen molar-refractivity contribution in [3.8, 4) is 0 Å². The number of benzene rings is 1. The van der Waals surface area contributed by atoms with E-state index in [1.807, 2.05) is 24.3 Å². The Morgan fingerprint density at radius 2 is 1.93 bits per heavy atom. The Bertz CT molecular complexity index is 539. The van der Waals surface area contributed by atoms with Crippen LogP contribution in [0.1, 0.15) is 17.4 Å². The number of fused-ring (bicyclic) bond motifs is 3. The fourth-order valence-corrected chi connectivity index (χ4v) is 1.98. The maximum absolute atomic E-state index is 9.86. The zero-order chi connectivity index (χ0) is 10.4. The van der Waals surface area contributed by atoms with Gasteiger partial charge in [-0.25, -0.2) is 0 Å². The zero-order valence-corrected chi connectivity index (χ0v) is 7.92. The van der Waals surface area contributed by atoms with Gasteiger partial charge in [-0.3, -0.25) is 0 Å². The van der Waals surface area contributed by atoms with Crippen molar-refractivity contribution in [2.24, 2.45) is 0 Å². The smallest absolute Gasteiger partial charge is 0.135 e. The van der Waals surface area contributed by atoms with Crippen molar-refractivity contribution in [1.29, 1.82) is 0 Å². The van der Waals surface area contributed by atoms with E-state index >= 15 is 0 Å². The number of hydrogen-bond donors (Lipinski definition) is 2. The molecule has 3 nitrogen and oxygen atoms in total. The molecule has 1 aromatic carbocycles. The summed E-state index contributed by atoms with van der Waals surface area (Å²) >= 11 is 0. The quantitative estimate of drug-likeness (QED) is 0.685. The Labute approximate surface area is 86.3 Å². The number of aliphatic hydroxyl groups is 2. The van der Waals surface area contributed by atoms with Crippen molar-refractivity contribution in [3.05, 3.63) is 41.7 Å². The maximum atomic E-state index is 9.86. The van der Waals surface area contributed by atoms with Crippen LogP contribution in [0.15, 0.2) is 34.8 Å². The van der Waals surface area contributed by atoms with Gasteiger partial charge in [0.05, 0.1) is 0 Å². The first kappa shape index (κ1) is 8.71. The van der Waals surface area contributed by atoms with Crippen LogP contribution in [0.5, 0.6) is 0 Å². The highest BCUT2D eigenvalue weighted by Crippen LogP contribution is 2.36. The van der Waals surface area contributed by atoms with E-state index in [2.05, 4.69) is 0 Å². The van der Waals surface area contributed by atoms with Crippen LogP contribution < -0.4 is 0 Å². The molecule has 0 saturated carbocycles. The molecular weight excluding hydrogens is 192 g/mol. The second kappa shape index (κ2) is 2.95. The van der Waals surface area contributed by atoms with Crippen molar-refractivity contribution >= 4 is 17.0 Å². The standard InChI is InChI=1S/C12H10O3/c13-8-5-6-10-11(12(8)14)7-3-1-2-4-9(7)15-10/h1-6,8,12-14H. The highest BCUT2D eigenvalue weighted by atomic mass is 16.3. The van der Waals surface area contributed by atoms with Crippen LogP contribution in [-0.4, -0.2) is 16.3 Å². The average Bonchev–Trinajstić information content (AvgIpc) is 2.62. The molecule has 3 rings (SSSR count). The van der Waals surface area contributed by atoms with Crippen LogP contribution in [0.3, 0.4) is 0 Å². The molecule has 0 saturated heterocycles. The van der Waals surface area contributed by atoms with Gasteiger partial charge >= 0.3 is 0 Å². The summed E-state index contributed by atoms with van der Waals surface area (Å²) in [6.45, 7) is 0. The Kier molecular flexibility index (Phi) is 1.71. The van der Waals surface area contributed by atoms with Crippen LogP contribution >= 0.6 is 0 Å². The molecule has 2 atom stereocenters. The van der Waals surface area contributed by atoms with Crippen molar-refractivity contribution < 1.29 is 14.6 Å². The zero-order valence-electron chi connectivity index (χ0n) is 7.92. The van der Waals surface area contributed by atoms with E-state index in [0.717, 1.165) is 11.0 Å². The fraction of sp³-hybridized carbons (Fsp3) is 0.167. The van der Waals surface area contributed by atoms with Gasteiger partial charge in [-0.05, 0) is 18.2 Å². The lowest BCUT2D eigenvalue weighted by atomic mass is 9.96. The van der Waals surface area contributed by atoms with Crippen LogP contribution in [0.25, 0.3) is 17.0 Å². The molecule has 76 valence electrons. The third-order valence-corrected chi connectivity index (χ3v) is 2.73. The van der Waals surface area contributed by atoms with Crippen molar-refractivity contribution in [2.75, 3.05) is 0 Å². The van der Waals surface area contributed by atoms with Gasteiger partial charge in [0.15, 0.2) is 0 Å². The van der Waals surface area contributed by atoms with E-state index in [0.29, 0.717) is 11.3 Å². The third-order valence-electron chi connectivity index (χ3n) is 2.73. The van der Waals surface area contributed by atoms with Crippen LogP contribution in [-0.2, 0) is 0 Å². The fourth-order valence-electron chi connectivity index (χ4n) is 1.98. The minimum atomic E-state index is -0.895. The molecule has 0 spiro atoms. The summed E-state index contributed by atoms with van der Waals surface area (Å²) in [6.07, 6.45) is 1.49. The van der Waals surface area contributed by atoms with E-state index < -0.39 is 12.2 Å². The lowest BCUT2D eigenvalue weighted by molar-refractivity contribution is 0.0471. The van der Waals surface area contributed by atoms with Crippen molar-refractivity contribution in [1.82, 2.24) is 0 Å². The third kappa shape index (κ3) is 1.14. The Morgan fingerprint density at radius 3 is 2.80 bits per heavy atom. The summed E-state index contributed by atoms with van der Waals surface area (Å²) in [4.78, 5) is 0. The molecule has 1 aliphatic carbocycles. The first-order chi connectivity index (χ1) is 7.27. The van der Waals surface area contributed by atoms with E-state index in [1.54, 1.807) is 6.08 Å². The molecule has 1 heterocycles. The molecular formula is C12H10O3. The molecule has 2 aromatic rings. The molecule has 0 fully saturated rings. The largest absolute Gasteiger partial charge is 0.456 e. The summed E-state index contributed by atoms with van der Waals surface area (Å²) in [5.41, 5.74) is 1.42. The summed E-state index contributed by atoms with van der Waals surface area (Å²) in [7, 11) is 0. The minimum Gasteiger partial charge on any atom is -0.456 e. The molecule has 0 bridgehead atoms. The van der Waals surface area contributed by atoms with Crippen molar-refractivity contribution in [3.63, 3.8) is 0 Å². The van der Waals surface area contributed by atoms with Gasteiger partial charge < -0.3 is 14.6 Å². The van der Waals surface area contributed by atoms with Gasteiger partial charge in [0.2, 0.25) is 0 Å². The highest BCUT2D eigenvalue weighted by molar-refractivity contribution is 5.85. The first-order valence-corrected chi connectivity index (χ1v) is 4.83. The molecule has 2 unspecified atom stereocenters. The summed E-state index contributed by atoms with van der Waals surface area (Å²) in [5.74, 6) is 0.633. The second-order valence-corrected chi connectivity index (χ2v) is 3.67. The van der Waals surface area contributed by atoms with Crippen LogP contribution in [0, 0.1) is 0 Å². The number of para-hydroxylation sites is 1. The SMILES string of the molecule is OC1C=Cc2oc3ccccc3c2C1O. The van der Waals surface area contributed by atoms with Crippen LogP contribution in [0.2, 0.25) is 0 Å². The van der Waals surface area contributed by atoms with E-state index in [-0.39, 0.29) is 0 Å². The van der Waals surface area contributed by atoms with Gasteiger partial charge in [-0.2, -0.15) is 0 Å². The number of hydrogen-bond acceptors (Lipinski definition) is 3. The van der Waals surface area contributed by atoms with Gasteiger partial charge in [-0.1, -0.05) is 18.2 Å². The number of aliphatic hydroxyl groups excluding tert-OH is 2. The Morgan fingerprint density at radius 1 is 1.13 bits per heavy atom. The number of rotatable bonds is 0. The van der Waals surface area contributed by atoms with Crippen molar-refractivity contribution in [2.45, 2.75) is 12.2 Å². The van der Waals surface area contributed by atoms with Crippen LogP contribution in [0.4, 0.5) is 0 Å². The predicted molar refractivity (Wildman–Crippen MR) is 56.2 cm³/mol. The van der Waals surface area contributed by atoms with Gasteiger partial charge in [0.1, 0.15) is 23.6 Å². The van der Waals surface area contributed by atoms with Gasteiger partial charge in [0.25, 0.3) is 0 Å². The first-order valence-electron chi connectivity index (χ1n) is 4.83. The Balaban J connectivity index is 2.35.